The van der Waals surface area contributed by atoms with Crippen molar-refractivity contribution in [1.29, 1.82) is 0 Å². The Kier molecular flexibility index (Phi) is 5.22. The number of rotatable bonds is 6. The van der Waals surface area contributed by atoms with Crippen molar-refractivity contribution in [2.75, 3.05) is 0 Å². The maximum absolute atomic E-state index is 12.1. The molecule has 0 spiro atoms. The van der Waals surface area contributed by atoms with Gasteiger partial charge in [-0.15, -0.1) is 0 Å². The highest BCUT2D eigenvalue weighted by Crippen LogP contribution is 2.13. The molecule has 0 bridgehead atoms. The van der Waals surface area contributed by atoms with Crippen LogP contribution < -0.4 is 4.72 Å². The lowest BCUT2D eigenvalue weighted by molar-refractivity contribution is 0.101. The molecule has 0 aliphatic heterocycles. The molecule has 0 aliphatic rings. The minimum atomic E-state index is -3.67. The highest BCUT2D eigenvalue weighted by molar-refractivity contribution is 7.89. The highest BCUT2D eigenvalue weighted by atomic mass is 32.2. The van der Waals surface area contributed by atoms with E-state index in [1.54, 1.807) is 19.9 Å². The molecular weight excluding hydrogens is 266 g/mol. The zero-order valence-electron chi connectivity index (χ0n) is 11.3. The van der Waals surface area contributed by atoms with Gasteiger partial charge in [0.15, 0.2) is 5.78 Å². The maximum atomic E-state index is 12.1. The number of Topliss-reactive ketones (excluding diaryl/α,β-unsaturated/α-hetero) is 1. The van der Waals surface area contributed by atoms with E-state index in [-0.39, 0.29) is 16.7 Å². The molecule has 0 saturated heterocycles. The summed E-state index contributed by atoms with van der Waals surface area (Å²) in [5.74, 6) is -0.186. The number of benzene rings is 1. The first-order chi connectivity index (χ1) is 8.72. The fourth-order valence-electron chi connectivity index (χ4n) is 1.77. The van der Waals surface area contributed by atoms with Gasteiger partial charge in [-0.3, -0.25) is 4.79 Å². The molecule has 0 saturated carbocycles. The van der Waals surface area contributed by atoms with Crippen molar-refractivity contribution in [3.63, 3.8) is 0 Å². The highest BCUT2D eigenvalue weighted by Gasteiger charge is 2.19. The van der Waals surface area contributed by atoms with E-state index in [0.29, 0.717) is 12.0 Å². The van der Waals surface area contributed by atoms with Gasteiger partial charge in [-0.05, 0) is 39.3 Å². The molecule has 0 aliphatic carbocycles. The third kappa shape index (κ3) is 4.74. The Balaban J connectivity index is 2.94. The molecule has 19 heavy (non-hydrogen) atoms. The number of hydrogen-bond acceptors (Lipinski definition) is 4. The second-order valence-corrected chi connectivity index (χ2v) is 6.41. The van der Waals surface area contributed by atoms with Crippen LogP contribution in [0.5, 0.6) is 0 Å². The van der Waals surface area contributed by atoms with Gasteiger partial charge in [-0.25, -0.2) is 13.1 Å². The molecule has 0 fully saturated rings. The zero-order valence-corrected chi connectivity index (χ0v) is 12.1. The SMILES string of the molecule is CC(=O)c1cccc(S(=O)(=O)NC(C)CC(C)O)c1. The van der Waals surface area contributed by atoms with Crippen LogP contribution in [-0.2, 0) is 10.0 Å². The van der Waals surface area contributed by atoms with Crippen LogP contribution in [0.1, 0.15) is 37.6 Å². The van der Waals surface area contributed by atoms with E-state index < -0.39 is 16.1 Å². The van der Waals surface area contributed by atoms with Crippen LogP contribution in [-0.4, -0.2) is 31.5 Å². The maximum Gasteiger partial charge on any atom is 0.240 e. The normalized spacial score (nSPS) is 14.9. The van der Waals surface area contributed by atoms with Gasteiger partial charge in [-0.1, -0.05) is 12.1 Å². The zero-order chi connectivity index (χ0) is 14.6. The number of nitrogens with one attached hydrogen (secondary N) is 1. The Bertz CT molecular complexity index is 552. The van der Waals surface area contributed by atoms with Crippen LogP contribution in [0, 0.1) is 0 Å². The van der Waals surface area contributed by atoms with E-state index in [2.05, 4.69) is 4.72 Å². The molecular formula is C13H19NO4S. The second-order valence-electron chi connectivity index (χ2n) is 4.69. The monoisotopic (exact) mass is 285 g/mol. The average Bonchev–Trinajstić information content (AvgIpc) is 2.27. The molecule has 5 nitrogen and oxygen atoms in total. The molecule has 106 valence electrons. The van der Waals surface area contributed by atoms with Gasteiger partial charge in [0.05, 0.1) is 11.0 Å². The van der Waals surface area contributed by atoms with E-state index in [1.165, 1.54) is 25.1 Å². The van der Waals surface area contributed by atoms with Crippen molar-refractivity contribution in [3.05, 3.63) is 29.8 Å². The summed E-state index contributed by atoms with van der Waals surface area (Å²) in [6.07, 6.45) is -0.257. The van der Waals surface area contributed by atoms with Gasteiger partial charge >= 0.3 is 0 Å². The van der Waals surface area contributed by atoms with Crippen molar-refractivity contribution in [1.82, 2.24) is 4.72 Å². The van der Waals surface area contributed by atoms with Crippen LogP contribution in [0.3, 0.4) is 0 Å². The number of aliphatic hydroxyl groups is 1. The Morgan fingerprint density at radius 1 is 1.37 bits per heavy atom. The van der Waals surface area contributed by atoms with Crippen LogP contribution in [0.25, 0.3) is 0 Å². The quantitative estimate of drug-likeness (QED) is 0.772. The first-order valence-corrected chi connectivity index (χ1v) is 7.52. The van der Waals surface area contributed by atoms with Crippen molar-refractivity contribution in [2.45, 2.75) is 44.2 Å². The Morgan fingerprint density at radius 3 is 2.53 bits per heavy atom. The lowest BCUT2D eigenvalue weighted by Crippen LogP contribution is -2.34. The molecule has 6 heteroatoms. The first kappa shape index (κ1) is 15.8. The van der Waals surface area contributed by atoms with Gasteiger partial charge in [0.1, 0.15) is 0 Å². The van der Waals surface area contributed by atoms with Gasteiger partial charge in [0, 0.05) is 11.6 Å². The van der Waals surface area contributed by atoms with Crippen LogP contribution in [0.4, 0.5) is 0 Å². The summed E-state index contributed by atoms with van der Waals surface area (Å²) in [5.41, 5.74) is 0.353. The molecule has 1 rings (SSSR count). The topological polar surface area (TPSA) is 83.5 Å². The Labute approximate surface area is 113 Å². The van der Waals surface area contributed by atoms with Gasteiger partial charge in [0.2, 0.25) is 10.0 Å². The number of carbonyl (C=O) groups excluding carboxylic acids is 1. The van der Waals surface area contributed by atoms with Gasteiger partial charge < -0.3 is 5.11 Å². The molecule has 0 heterocycles. The van der Waals surface area contributed by atoms with Crippen LogP contribution in [0.15, 0.2) is 29.2 Å². The summed E-state index contributed by atoms with van der Waals surface area (Å²) in [6, 6.07) is 5.50. The Hall–Kier alpha value is -1.24. The molecule has 1 aromatic carbocycles. The molecule has 2 atom stereocenters. The van der Waals surface area contributed by atoms with E-state index >= 15 is 0 Å². The number of sulfonamides is 1. The summed E-state index contributed by atoms with van der Waals surface area (Å²) in [5, 5.41) is 9.23. The summed E-state index contributed by atoms with van der Waals surface area (Å²) in [6.45, 7) is 4.66. The van der Waals surface area contributed by atoms with Gasteiger partial charge in [0.25, 0.3) is 0 Å². The lowest BCUT2D eigenvalue weighted by Gasteiger charge is -2.15. The first-order valence-electron chi connectivity index (χ1n) is 6.04. The van der Waals surface area contributed by atoms with Crippen LogP contribution in [0.2, 0.25) is 0 Å². The smallest absolute Gasteiger partial charge is 0.240 e. The number of aliphatic hydroxyl groups excluding tert-OH is 1. The minimum Gasteiger partial charge on any atom is -0.393 e. The number of hydrogen-bond donors (Lipinski definition) is 2. The van der Waals surface area contributed by atoms with Crippen molar-refractivity contribution in [3.8, 4) is 0 Å². The largest absolute Gasteiger partial charge is 0.393 e. The molecule has 0 radical (unpaired) electrons. The molecule has 1 aromatic rings. The van der Waals surface area contributed by atoms with Crippen molar-refractivity contribution < 1.29 is 18.3 Å². The number of ketones is 1. The summed E-state index contributed by atoms with van der Waals surface area (Å²) in [4.78, 5) is 11.3. The molecule has 0 aromatic heterocycles. The molecule has 2 unspecified atom stereocenters. The molecule has 0 amide bonds. The average molecular weight is 285 g/mol. The summed E-state index contributed by atoms with van der Waals surface area (Å²) in [7, 11) is -3.67. The standard InChI is InChI=1S/C13H19NO4S/c1-9(7-10(2)15)14-19(17,18)13-6-4-5-12(8-13)11(3)16/h4-6,8-10,14-15H,7H2,1-3H3. The second kappa shape index (κ2) is 6.27. The third-order valence-corrected chi connectivity index (χ3v) is 4.19. The number of carbonyl (C=O) groups is 1. The predicted octanol–water partition coefficient (Wildman–Crippen LogP) is 1.33. The third-order valence-electron chi connectivity index (χ3n) is 2.60. The minimum absolute atomic E-state index is 0.0534. The van der Waals surface area contributed by atoms with E-state index in [4.69, 9.17) is 0 Å². The van der Waals surface area contributed by atoms with E-state index in [1.807, 2.05) is 0 Å². The fourth-order valence-corrected chi connectivity index (χ4v) is 3.08. The van der Waals surface area contributed by atoms with Crippen molar-refractivity contribution in [2.24, 2.45) is 0 Å². The summed E-state index contributed by atoms with van der Waals surface area (Å²) >= 11 is 0. The Morgan fingerprint density at radius 2 is 2.00 bits per heavy atom. The van der Waals surface area contributed by atoms with Crippen molar-refractivity contribution >= 4 is 15.8 Å². The fraction of sp³-hybridized carbons (Fsp3) is 0.462. The summed E-state index contributed by atoms with van der Waals surface area (Å²) < 4.78 is 26.7. The van der Waals surface area contributed by atoms with Crippen LogP contribution >= 0.6 is 0 Å². The molecule has 2 N–H and O–H groups in total. The van der Waals surface area contributed by atoms with Gasteiger partial charge in [-0.2, -0.15) is 0 Å². The lowest BCUT2D eigenvalue weighted by atomic mass is 10.2. The predicted molar refractivity (Wildman–Crippen MR) is 72.5 cm³/mol. The van der Waals surface area contributed by atoms with E-state index in [0.717, 1.165) is 0 Å². The van der Waals surface area contributed by atoms with E-state index in [9.17, 15) is 18.3 Å².